The van der Waals surface area contributed by atoms with Crippen molar-refractivity contribution in [2.24, 2.45) is 0 Å². The second kappa shape index (κ2) is 8.66. The van der Waals surface area contributed by atoms with E-state index in [0.29, 0.717) is 22.3 Å². The van der Waals surface area contributed by atoms with E-state index in [1.54, 1.807) is 30.7 Å². The zero-order valence-electron chi connectivity index (χ0n) is 12.0. The standard InChI is InChI=1S/C15H17Cl2N3O2/c16-12-3-4-14(13(17)9-12)22-10-15(21)19-5-1-2-7-20-8-6-18-11-20/h3-4,6,8-9,11H,1-2,5,7,10H2,(H,19,21). The number of imidazole rings is 1. The lowest BCUT2D eigenvalue weighted by atomic mass is 10.3. The van der Waals surface area contributed by atoms with E-state index in [0.717, 1.165) is 19.4 Å². The minimum absolute atomic E-state index is 0.0666. The third-order valence-electron chi connectivity index (χ3n) is 2.98. The normalized spacial score (nSPS) is 10.5. The third kappa shape index (κ3) is 5.58. The molecule has 22 heavy (non-hydrogen) atoms. The van der Waals surface area contributed by atoms with Crippen LogP contribution in [-0.2, 0) is 11.3 Å². The van der Waals surface area contributed by atoms with Crippen LogP contribution in [0.3, 0.4) is 0 Å². The number of nitrogens with one attached hydrogen (secondary N) is 1. The first kappa shape index (κ1) is 16.6. The second-order valence-electron chi connectivity index (χ2n) is 4.72. The van der Waals surface area contributed by atoms with E-state index in [4.69, 9.17) is 27.9 Å². The summed E-state index contributed by atoms with van der Waals surface area (Å²) in [6.07, 6.45) is 7.32. The number of rotatable bonds is 8. The molecule has 0 atom stereocenters. The molecule has 0 fully saturated rings. The van der Waals surface area contributed by atoms with Crippen molar-refractivity contribution in [3.63, 3.8) is 0 Å². The zero-order chi connectivity index (χ0) is 15.8. The number of benzene rings is 1. The summed E-state index contributed by atoms with van der Waals surface area (Å²) in [5.41, 5.74) is 0. The van der Waals surface area contributed by atoms with Gasteiger partial charge < -0.3 is 14.6 Å². The Labute approximate surface area is 139 Å². The van der Waals surface area contributed by atoms with Crippen molar-refractivity contribution >= 4 is 29.1 Å². The molecule has 7 heteroatoms. The molecule has 2 aromatic rings. The van der Waals surface area contributed by atoms with Crippen molar-refractivity contribution in [2.45, 2.75) is 19.4 Å². The van der Waals surface area contributed by atoms with Gasteiger partial charge in [0.05, 0.1) is 11.3 Å². The van der Waals surface area contributed by atoms with Gasteiger partial charge in [0.1, 0.15) is 5.75 Å². The largest absolute Gasteiger partial charge is 0.482 e. The van der Waals surface area contributed by atoms with Crippen LogP contribution in [-0.4, -0.2) is 28.6 Å². The van der Waals surface area contributed by atoms with Gasteiger partial charge in [0, 0.05) is 30.5 Å². The first-order valence-electron chi connectivity index (χ1n) is 6.95. The molecule has 1 amide bonds. The predicted octanol–water partition coefficient (Wildman–Crippen LogP) is 3.17. The number of carbonyl (C=O) groups is 1. The Hall–Kier alpha value is -1.72. The Bertz CT molecular complexity index is 603. The van der Waals surface area contributed by atoms with Gasteiger partial charge in [-0.25, -0.2) is 4.98 Å². The fourth-order valence-electron chi connectivity index (χ4n) is 1.85. The van der Waals surface area contributed by atoms with Crippen LogP contribution in [0.25, 0.3) is 0 Å². The number of ether oxygens (including phenoxy) is 1. The Kier molecular flexibility index (Phi) is 6.55. The minimum atomic E-state index is -0.173. The Morgan fingerprint density at radius 1 is 1.32 bits per heavy atom. The Morgan fingerprint density at radius 2 is 2.18 bits per heavy atom. The molecular formula is C15H17Cl2N3O2. The summed E-state index contributed by atoms with van der Waals surface area (Å²) in [5, 5.41) is 3.72. The molecule has 1 N–H and O–H groups in total. The van der Waals surface area contributed by atoms with E-state index < -0.39 is 0 Å². The van der Waals surface area contributed by atoms with Gasteiger partial charge in [0.25, 0.3) is 5.91 Å². The molecule has 2 rings (SSSR count). The highest BCUT2D eigenvalue weighted by molar-refractivity contribution is 6.35. The maximum atomic E-state index is 11.7. The summed E-state index contributed by atoms with van der Waals surface area (Å²) in [4.78, 5) is 15.6. The number of halogens is 2. The summed E-state index contributed by atoms with van der Waals surface area (Å²) < 4.78 is 7.36. The van der Waals surface area contributed by atoms with Gasteiger partial charge >= 0.3 is 0 Å². The molecule has 0 bridgehead atoms. The number of unbranched alkanes of at least 4 members (excludes halogenated alkanes) is 1. The van der Waals surface area contributed by atoms with Gasteiger partial charge in [-0.05, 0) is 31.0 Å². The molecular weight excluding hydrogens is 325 g/mol. The van der Waals surface area contributed by atoms with E-state index in [1.807, 2.05) is 10.8 Å². The van der Waals surface area contributed by atoms with Crippen LogP contribution in [0.2, 0.25) is 10.0 Å². The Balaban J connectivity index is 1.59. The third-order valence-corrected chi connectivity index (χ3v) is 3.51. The molecule has 0 aliphatic heterocycles. The molecule has 0 saturated heterocycles. The van der Waals surface area contributed by atoms with Gasteiger partial charge in [0.15, 0.2) is 6.61 Å². The summed E-state index contributed by atoms with van der Waals surface area (Å²) in [5.74, 6) is 0.273. The van der Waals surface area contributed by atoms with E-state index in [-0.39, 0.29) is 12.5 Å². The van der Waals surface area contributed by atoms with E-state index in [9.17, 15) is 4.79 Å². The lowest BCUT2D eigenvalue weighted by molar-refractivity contribution is -0.123. The minimum Gasteiger partial charge on any atom is -0.482 e. The van der Waals surface area contributed by atoms with Crippen LogP contribution in [0.15, 0.2) is 36.9 Å². The van der Waals surface area contributed by atoms with Crippen molar-refractivity contribution < 1.29 is 9.53 Å². The predicted molar refractivity (Wildman–Crippen MR) is 86.4 cm³/mol. The molecule has 1 aromatic carbocycles. The lowest BCUT2D eigenvalue weighted by Gasteiger charge is -2.09. The molecule has 0 radical (unpaired) electrons. The highest BCUT2D eigenvalue weighted by Crippen LogP contribution is 2.27. The van der Waals surface area contributed by atoms with Crippen LogP contribution < -0.4 is 10.1 Å². The fraction of sp³-hybridized carbons (Fsp3) is 0.333. The molecule has 5 nitrogen and oxygen atoms in total. The maximum Gasteiger partial charge on any atom is 0.257 e. The summed E-state index contributed by atoms with van der Waals surface area (Å²) in [7, 11) is 0. The van der Waals surface area contributed by atoms with Crippen molar-refractivity contribution in [3.05, 3.63) is 47.0 Å². The molecule has 1 aromatic heterocycles. The van der Waals surface area contributed by atoms with Crippen LogP contribution in [0.5, 0.6) is 5.75 Å². The summed E-state index contributed by atoms with van der Waals surface area (Å²) in [6, 6.07) is 4.88. The summed E-state index contributed by atoms with van der Waals surface area (Å²) >= 11 is 11.7. The molecule has 0 aliphatic carbocycles. The second-order valence-corrected chi connectivity index (χ2v) is 5.56. The fourth-order valence-corrected chi connectivity index (χ4v) is 2.32. The quantitative estimate of drug-likeness (QED) is 0.750. The van der Waals surface area contributed by atoms with Crippen molar-refractivity contribution in [1.82, 2.24) is 14.9 Å². The Morgan fingerprint density at radius 3 is 2.91 bits per heavy atom. The van der Waals surface area contributed by atoms with Gasteiger partial charge in [-0.3, -0.25) is 4.79 Å². The lowest BCUT2D eigenvalue weighted by Crippen LogP contribution is -2.29. The highest BCUT2D eigenvalue weighted by Gasteiger charge is 2.06. The summed E-state index contributed by atoms with van der Waals surface area (Å²) in [6.45, 7) is 1.45. The first-order valence-corrected chi connectivity index (χ1v) is 7.71. The van der Waals surface area contributed by atoms with Gasteiger partial charge in [-0.1, -0.05) is 23.2 Å². The highest BCUT2D eigenvalue weighted by atomic mass is 35.5. The smallest absolute Gasteiger partial charge is 0.257 e. The maximum absolute atomic E-state index is 11.7. The molecule has 0 saturated carbocycles. The number of aryl methyl sites for hydroxylation is 1. The number of amides is 1. The van der Waals surface area contributed by atoms with E-state index in [1.165, 1.54) is 0 Å². The van der Waals surface area contributed by atoms with Crippen molar-refractivity contribution in [1.29, 1.82) is 0 Å². The van der Waals surface area contributed by atoms with Crippen molar-refractivity contribution in [3.8, 4) is 5.75 Å². The number of hydrogen-bond acceptors (Lipinski definition) is 3. The zero-order valence-corrected chi connectivity index (χ0v) is 13.5. The molecule has 0 spiro atoms. The average molecular weight is 342 g/mol. The molecule has 118 valence electrons. The van der Waals surface area contributed by atoms with E-state index >= 15 is 0 Å². The monoisotopic (exact) mass is 341 g/mol. The number of aromatic nitrogens is 2. The number of nitrogens with zero attached hydrogens (tertiary/aromatic N) is 2. The van der Waals surface area contributed by atoms with Crippen LogP contribution in [0, 0.1) is 0 Å². The van der Waals surface area contributed by atoms with Gasteiger partial charge in [-0.15, -0.1) is 0 Å². The van der Waals surface area contributed by atoms with Crippen LogP contribution in [0.1, 0.15) is 12.8 Å². The number of carbonyl (C=O) groups excluding carboxylic acids is 1. The molecule has 0 unspecified atom stereocenters. The van der Waals surface area contributed by atoms with E-state index in [2.05, 4.69) is 10.3 Å². The molecule has 1 heterocycles. The molecule has 0 aliphatic rings. The average Bonchev–Trinajstić information content (AvgIpc) is 2.99. The van der Waals surface area contributed by atoms with Crippen LogP contribution in [0.4, 0.5) is 0 Å². The SMILES string of the molecule is O=C(COc1ccc(Cl)cc1Cl)NCCCCn1ccnc1. The topological polar surface area (TPSA) is 56.1 Å². The van der Waals surface area contributed by atoms with Crippen molar-refractivity contribution in [2.75, 3.05) is 13.2 Å². The first-order chi connectivity index (χ1) is 10.6. The van der Waals surface area contributed by atoms with Gasteiger partial charge in [0.2, 0.25) is 0 Å². The number of hydrogen-bond donors (Lipinski definition) is 1. The van der Waals surface area contributed by atoms with Crippen LogP contribution >= 0.6 is 23.2 Å². The van der Waals surface area contributed by atoms with Gasteiger partial charge in [-0.2, -0.15) is 0 Å².